The Labute approximate surface area is 101 Å². The first-order valence-electron chi connectivity index (χ1n) is 6.05. The Balaban J connectivity index is 1.72. The van der Waals surface area contributed by atoms with E-state index < -0.39 is 0 Å². The summed E-state index contributed by atoms with van der Waals surface area (Å²) in [6.45, 7) is 1.58. The predicted octanol–water partition coefficient (Wildman–Crippen LogP) is 0.803. The number of phenolic OH excluding ortho intramolecular Hbond substituents is 1. The number of rotatable bonds is 4. The molecule has 1 aliphatic heterocycles. The highest BCUT2D eigenvalue weighted by Gasteiger charge is 2.20. The second kappa shape index (κ2) is 5.68. The van der Waals surface area contributed by atoms with Crippen LogP contribution < -0.4 is 10.6 Å². The second-order valence-electron chi connectivity index (χ2n) is 4.36. The molecule has 1 aliphatic rings. The average Bonchev–Trinajstić information content (AvgIpc) is 2.85. The van der Waals surface area contributed by atoms with Gasteiger partial charge in [0.1, 0.15) is 5.75 Å². The molecule has 0 aromatic heterocycles. The third-order valence-electron chi connectivity index (χ3n) is 3.03. The fourth-order valence-corrected chi connectivity index (χ4v) is 2.02. The van der Waals surface area contributed by atoms with Gasteiger partial charge in [0.25, 0.3) is 0 Å². The first-order chi connectivity index (χ1) is 8.25. The lowest BCUT2D eigenvalue weighted by atomic mass is 10.1. The molecule has 1 heterocycles. The lowest BCUT2D eigenvalue weighted by Gasteiger charge is -2.10. The summed E-state index contributed by atoms with van der Waals surface area (Å²) in [7, 11) is 0. The van der Waals surface area contributed by atoms with Crippen LogP contribution in [0, 0.1) is 0 Å². The molecule has 1 aromatic rings. The van der Waals surface area contributed by atoms with E-state index in [0.717, 1.165) is 31.4 Å². The fraction of sp³-hybridized carbons (Fsp3) is 0.462. The van der Waals surface area contributed by atoms with Crippen LogP contribution >= 0.6 is 0 Å². The fourth-order valence-electron chi connectivity index (χ4n) is 2.02. The summed E-state index contributed by atoms with van der Waals surface area (Å²) in [5.74, 6) is 0.370. The van der Waals surface area contributed by atoms with Crippen molar-refractivity contribution in [3.8, 4) is 5.75 Å². The number of phenols is 1. The molecule has 1 saturated heterocycles. The summed E-state index contributed by atoms with van der Waals surface area (Å²) < 4.78 is 0. The Hall–Kier alpha value is -1.55. The molecule has 0 spiro atoms. The minimum absolute atomic E-state index is 0.00480. The van der Waals surface area contributed by atoms with Crippen LogP contribution in [-0.4, -0.2) is 30.1 Å². The SMILES string of the molecule is O=C(NCCc1ccc(O)cc1)[C@H]1CCCN1. The van der Waals surface area contributed by atoms with Gasteiger partial charge >= 0.3 is 0 Å². The largest absolute Gasteiger partial charge is 0.508 e. The first-order valence-corrected chi connectivity index (χ1v) is 6.05. The molecule has 0 aliphatic carbocycles. The third kappa shape index (κ3) is 3.46. The first kappa shape index (κ1) is 11.9. The molecule has 1 aromatic carbocycles. The summed E-state index contributed by atoms with van der Waals surface area (Å²) in [4.78, 5) is 11.7. The molecule has 2 rings (SSSR count). The zero-order valence-electron chi connectivity index (χ0n) is 9.78. The van der Waals surface area contributed by atoms with Crippen LogP contribution in [0.25, 0.3) is 0 Å². The normalized spacial score (nSPS) is 19.2. The van der Waals surface area contributed by atoms with Gasteiger partial charge in [-0.15, -0.1) is 0 Å². The monoisotopic (exact) mass is 234 g/mol. The molecule has 4 nitrogen and oxygen atoms in total. The number of amides is 1. The molecular weight excluding hydrogens is 216 g/mol. The Kier molecular flexibility index (Phi) is 3.98. The van der Waals surface area contributed by atoms with E-state index in [1.165, 1.54) is 0 Å². The van der Waals surface area contributed by atoms with Gasteiger partial charge in [0.2, 0.25) is 5.91 Å². The molecule has 0 saturated carbocycles. The van der Waals surface area contributed by atoms with E-state index in [2.05, 4.69) is 10.6 Å². The van der Waals surface area contributed by atoms with Crippen molar-refractivity contribution >= 4 is 5.91 Å². The van der Waals surface area contributed by atoms with Crippen molar-refractivity contribution in [1.29, 1.82) is 0 Å². The van der Waals surface area contributed by atoms with E-state index in [4.69, 9.17) is 5.11 Å². The predicted molar refractivity (Wildman–Crippen MR) is 65.8 cm³/mol. The molecule has 0 unspecified atom stereocenters. The molecule has 17 heavy (non-hydrogen) atoms. The maximum atomic E-state index is 11.7. The van der Waals surface area contributed by atoms with E-state index in [1.807, 2.05) is 12.1 Å². The van der Waals surface area contributed by atoms with E-state index in [1.54, 1.807) is 12.1 Å². The Morgan fingerprint density at radius 1 is 1.41 bits per heavy atom. The minimum Gasteiger partial charge on any atom is -0.508 e. The van der Waals surface area contributed by atoms with Gasteiger partial charge in [0.05, 0.1) is 6.04 Å². The van der Waals surface area contributed by atoms with E-state index in [-0.39, 0.29) is 17.7 Å². The number of hydrogen-bond donors (Lipinski definition) is 3. The van der Waals surface area contributed by atoms with Crippen molar-refractivity contribution in [1.82, 2.24) is 10.6 Å². The lowest BCUT2D eigenvalue weighted by molar-refractivity contribution is -0.122. The summed E-state index contributed by atoms with van der Waals surface area (Å²) >= 11 is 0. The van der Waals surface area contributed by atoms with Crippen molar-refractivity contribution in [2.45, 2.75) is 25.3 Å². The van der Waals surface area contributed by atoms with Crippen molar-refractivity contribution < 1.29 is 9.90 Å². The van der Waals surface area contributed by atoms with Gasteiger partial charge in [-0.1, -0.05) is 12.1 Å². The highest BCUT2D eigenvalue weighted by molar-refractivity contribution is 5.81. The van der Waals surface area contributed by atoms with Gasteiger partial charge in [-0.05, 0) is 43.5 Å². The van der Waals surface area contributed by atoms with Crippen molar-refractivity contribution in [3.63, 3.8) is 0 Å². The minimum atomic E-state index is -0.00480. The quantitative estimate of drug-likeness (QED) is 0.722. The molecule has 0 radical (unpaired) electrons. The highest BCUT2D eigenvalue weighted by atomic mass is 16.3. The van der Waals surface area contributed by atoms with E-state index in [9.17, 15) is 4.79 Å². The van der Waals surface area contributed by atoms with E-state index >= 15 is 0 Å². The zero-order chi connectivity index (χ0) is 12.1. The van der Waals surface area contributed by atoms with Gasteiger partial charge in [-0.3, -0.25) is 4.79 Å². The van der Waals surface area contributed by atoms with Crippen LogP contribution in [0.15, 0.2) is 24.3 Å². The Morgan fingerprint density at radius 3 is 2.82 bits per heavy atom. The van der Waals surface area contributed by atoms with Gasteiger partial charge in [0, 0.05) is 6.54 Å². The number of benzene rings is 1. The topological polar surface area (TPSA) is 61.4 Å². The van der Waals surface area contributed by atoms with Crippen LogP contribution in [0.4, 0.5) is 0 Å². The third-order valence-corrected chi connectivity index (χ3v) is 3.03. The van der Waals surface area contributed by atoms with Gasteiger partial charge < -0.3 is 15.7 Å². The summed E-state index contributed by atoms with van der Waals surface area (Å²) in [6.07, 6.45) is 2.81. The number of aromatic hydroxyl groups is 1. The smallest absolute Gasteiger partial charge is 0.237 e. The molecule has 1 atom stereocenters. The molecule has 1 amide bonds. The molecule has 0 bridgehead atoms. The van der Waals surface area contributed by atoms with Gasteiger partial charge in [-0.25, -0.2) is 0 Å². The Bertz CT molecular complexity index is 370. The molecular formula is C13H18N2O2. The molecule has 3 N–H and O–H groups in total. The van der Waals surface area contributed by atoms with Crippen LogP contribution in [-0.2, 0) is 11.2 Å². The summed E-state index contributed by atoms with van der Waals surface area (Å²) in [5, 5.41) is 15.2. The van der Waals surface area contributed by atoms with Crippen molar-refractivity contribution in [2.75, 3.05) is 13.1 Å². The number of hydrogen-bond acceptors (Lipinski definition) is 3. The summed E-state index contributed by atoms with van der Waals surface area (Å²) in [6, 6.07) is 7.06. The number of carbonyl (C=O) groups is 1. The molecule has 92 valence electrons. The second-order valence-corrected chi connectivity index (χ2v) is 4.36. The van der Waals surface area contributed by atoms with E-state index in [0.29, 0.717) is 6.54 Å². The highest BCUT2D eigenvalue weighted by Crippen LogP contribution is 2.09. The van der Waals surface area contributed by atoms with Crippen LogP contribution in [0.5, 0.6) is 5.75 Å². The summed E-state index contributed by atoms with van der Waals surface area (Å²) in [5.41, 5.74) is 1.11. The van der Waals surface area contributed by atoms with Gasteiger partial charge in [0.15, 0.2) is 0 Å². The van der Waals surface area contributed by atoms with Crippen LogP contribution in [0.1, 0.15) is 18.4 Å². The maximum absolute atomic E-state index is 11.7. The van der Waals surface area contributed by atoms with Crippen molar-refractivity contribution in [2.24, 2.45) is 0 Å². The average molecular weight is 234 g/mol. The standard InChI is InChI=1S/C13H18N2O2/c16-11-5-3-10(4-6-11)7-9-15-13(17)12-2-1-8-14-12/h3-6,12,14,16H,1-2,7-9H2,(H,15,17)/t12-/m1/s1. The Morgan fingerprint density at radius 2 is 2.18 bits per heavy atom. The van der Waals surface area contributed by atoms with Crippen molar-refractivity contribution in [3.05, 3.63) is 29.8 Å². The maximum Gasteiger partial charge on any atom is 0.237 e. The van der Waals surface area contributed by atoms with Crippen LogP contribution in [0.3, 0.4) is 0 Å². The number of nitrogens with one attached hydrogen (secondary N) is 2. The van der Waals surface area contributed by atoms with Gasteiger partial charge in [-0.2, -0.15) is 0 Å². The molecule has 1 fully saturated rings. The zero-order valence-corrected chi connectivity index (χ0v) is 9.78. The van der Waals surface area contributed by atoms with Crippen LogP contribution in [0.2, 0.25) is 0 Å². The number of carbonyl (C=O) groups excluding carboxylic acids is 1. The molecule has 4 heteroatoms. The lowest BCUT2D eigenvalue weighted by Crippen LogP contribution is -2.41.